The zero-order chi connectivity index (χ0) is 9.97. The van der Waals surface area contributed by atoms with E-state index in [1.165, 1.54) is 10.9 Å². The fourth-order valence-electron chi connectivity index (χ4n) is 1.62. The van der Waals surface area contributed by atoms with Crippen LogP contribution in [0.15, 0.2) is 34.6 Å². The van der Waals surface area contributed by atoms with Crippen LogP contribution in [0, 0.1) is 0 Å². The fourth-order valence-corrected chi connectivity index (χ4v) is 2.39. The van der Waals surface area contributed by atoms with E-state index in [2.05, 4.69) is 25.7 Å². The predicted molar refractivity (Wildman–Crippen MR) is 59.6 cm³/mol. The summed E-state index contributed by atoms with van der Waals surface area (Å²) in [5.74, 6) is 1.93. The van der Waals surface area contributed by atoms with Gasteiger partial charge < -0.3 is 9.47 Å². The molecule has 3 heteroatoms. The van der Waals surface area contributed by atoms with Crippen LogP contribution in [0.5, 0.6) is 0 Å². The number of hydrogen-bond donors (Lipinski definition) is 0. The molecule has 0 radical (unpaired) electrons. The van der Waals surface area contributed by atoms with Gasteiger partial charge in [0.1, 0.15) is 19.0 Å². The Morgan fingerprint density at radius 2 is 2.07 bits per heavy atom. The predicted octanol–water partition coefficient (Wildman–Crippen LogP) is 2.79. The highest BCUT2D eigenvalue weighted by Crippen LogP contribution is 2.33. The van der Waals surface area contributed by atoms with E-state index in [0.717, 1.165) is 26.5 Å². The Hall–Kier alpha value is -0.750. The van der Waals surface area contributed by atoms with E-state index >= 15 is 0 Å². The smallest absolute Gasteiger partial charge is 0.158 e. The van der Waals surface area contributed by atoms with Crippen LogP contribution < -0.4 is 0 Å². The SMILES string of the molecule is CPC1=CC2=C(CC=C1C)OCCO2. The van der Waals surface area contributed by atoms with Gasteiger partial charge in [0.25, 0.3) is 0 Å². The van der Waals surface area contributed by atoms with Gasteiger partial charge in [-0.05, 0) is 30.6 Å². The minimum absolute atomic E-state index is 0.675. The molecule has 14 heavy (non-hydrogen) atoms. The molecular formula is C11H15O2P. The van der Waals surface area contributed by atoms with E-state index in [-0.39, 0.29) is 0 Å². The Bertz CT molecular complexity index is 326. The molecule has 76 valence electrons. The molecule has 0 N–H and O–H groups in total. The monoisotopic (exact) mass is 210 g/mol. The first-order valence-electron chi connectivity index (χ1n) is 4.86. The van der Waals surface area contributed by atoms with Crippen LogP contribution in [-0.4, -0.2) is 19.9 Å². The third-order valence-electron chi connectivity index (χ3n) is 2.46. The van der Waals surface area contributed by atoms with E-state index in [9.17, 15) is 0 Å². The molecule has 1 atom stereocenters. The van der Waals surface area contributed by atoms with Crippen molar-refractivity contribution in [3.05, 3.63) is 34.6 Å². The van der Waals surface area contributed by atoms with Crippen molar-refractivity contribution in [2.75, 3.05) is 19.9 Å². The van der Waals surface area contributed by atoms with Gasteiger partial charge in [0, 0.05) is 6.42 Å². The molecule has 0 saturated carbocycles. The molecule has 0 saturated heterocycles. The van der Waals surface area contributed by atoms with Gasteiger partial charge in [-0.3, -0.25) is 0 Å². The molecule has 1 aliphatic heterocycles. The standard InChI is InChI=1S/C11H15O2P/c1-8-3-4-9-10(7-11(8)14-2)13-6-5-12-9/h3,7,14H,4-6H2,1-2H3. The summed E-state index contributed by atoms with van der Waals surface area (Å²) < 4.78 is 11.2. The van der Waals surface area contributed by atoms with Gasteiger partial charge in [-0.2, -0.15) is 0 Å². The highest BCUT2D eigenvalue weighted by atomic mass is 31.1. The molecule has 1 heterocycles. The third-order valence-corrected chi connectivity index (χ3v) is 3.53. The summed E-state index contributed by atoms with van der Waals surface area (Å²) in [5.41, 5.74) is 1.35. The van der Waals surface area contributed by atoms with Gasteiger partial charge in [0.2, 0.25) is 0 Å². The number of hydrogen-bond acceptors (Lipinski definition) is 2. The topological polar surface area (TPSA) is 18.5 Å². The number of allylic oxidation sites excluding steroid dienone is 4. The summed E-state index contributed by atoms with van der Waals surface area (Å²) in [5, 5.41) is 1.38. The highest BCUT2D eigenvalue weighted by molar-refractivity contribution is 7.42. The first kappa shape index (κ1) is 9.79. The Balaban J connectivity index is 2.33. The fraction of sp³-hybridized carbons (Fsp3) is 0.455. The summed E-state index contributed by atoms with van der Waals surface area (Å²) in [6.07, 6.45) is 5.22. The lowest BCUT2D eigenvalue weighted by molar-refractivity contribution is 0.0675. The van der Waals surface area contributed by atoms with Crippen molar-refractivity contribution in [2.45, 2.75) is 13.3 Å². The molecule has 0 bridgehead atoms. The normalized spacial score (nSPS) is 22.1. The minimum Gasteiger partial charge on any atom is -0.490 e. The average Bonchev–Trinajstić information content (AvgIpc) is 2.38. The van der Waals surface area contributed by atoms with E-state index in [0.29, 0.717) is 13.2 Å². The lowest BCUT2D eigenvalue weighted by atomic mass is 10.2. The van der Waals surface area contributed by atoms with Gasteiger partial charge in [-0.15, -0.1) is 0 Å². The van der Waals surface area contributed by atoms with Gasteiger partial charge in [-0.25, -0.2) is 0 Å². The Morgan fingerprint density at radius 3 is 2.86 bits per heavy atom. The van der Waals surface area contributed by atoms with E-state index in [1.54, 1.807) is 0 Å². The molecule has 0 aromatic heterocycles. The maximum absolute atomic E-state index is 5.59. The average molecular weight is 210 g/mol. The van der Waals surface area contributed by atoms with E-state index in [1.807, 2.05) is 0 Å². The molecule has 0 spiro atoms. The second-order valence-corrected chi connectivity index (χ2v) is 4.42. The van der Waals surface area contributed by atoms with Gasteiger partial charge in [-0.1, -0.05) is 14.7 Å². The molecule has 1 aliphatic carbocycles. The van der Waals surface area contributed by atoms with Crippen molar-refractivity contribution >= 4 is 8.58 Å². The van der Waals surface area contributed by atoms with E-state index < -0.39 is 0 Å². The molecule has 0 aromatic rings. The lowest BCUT2D eigenvalue weighted by Gasteiger charge is -2.19. The molecule has 0 fully saturated rings. The van der Waals surface area contributed by atoms with Crippen molar-refractivity contribution < 1.29 is 9.47 Å². The number of ether oxygens (including phenoxy) is 2. The third kappa shape index (κ3) is 1.85. The summed E-state index contributed by atoms with van der Waals surface area (Å²) in [4.78, 5) is 0. The van der Waals surface area contributed by atoms with Gasteiger partial charge in [0.05, 0.1) is 0 Å². The van der Waals surface area contributed by atoms with Crippen LogP contribution in [0.2, 0.25) is 0 Å². The van der Waals surface area contributed by atoms with Gasteiger partial charge in [0.15, 0.2) is 5.76 Å². The van der Waals surface area contributed by atoms with Gasteiger partial charge >= 0.3 is 0 Å². The zero-order valence-corrected chi connectivity index (χ0v) is 9.59. The molecule has 0 aromatic carbocycles. The Kier molecular flexibility index (Phi) is 2.93. The second-order valence-electron chi connectivity index (χ2n) is 3.38. The van der Waals surface area contributed by atoms with E-state index in [4.69, 9.17) is 9.47 Å². The number of rotatable bonds is 1. The molecular weight excluding hydrogens is 195 g/mol. The van der Waals surface area contributed by atoms with Crippen LogP contribution >= 0.6 is 8.58 Å². The molecule has 2 nitrogen and oxygen atoms in total. The molecule has 2 rings (SSSR count). The summed E-state index contributed by atoms with van der Waals surface area (Å²) in [6.45, 7) is 5.71. The van der Waals surface area contributed by atoms with Crippen LogP contribution in [-0.2, 0) is 9.47 Å². The Morgan fingerprint density at radius 1 is 1.29 bits per heavy atom. The molecule has 1 unspecified atom stereocenters. The van der Waals surface area contributed by atoms with Crippen LogP contribution in [0.3, 0.4) is 0 Å². The van der Waals surface area contributed by atoms with Crippen molar-refractivity contribution in [3.8, 4) is 0 Å². The largest absolute Gasteiger partial charge is 0.490 e. The molecule has 0 amide bonds. The maximum Gasteiger partial charge on any atom is 0.158 e. The van der Waals surface area contributed by atoms with Crippen LogP contribution in [0.4, 0.5) is 0 Å². The van der Waals surface area contributed by atoms with Crippen molar-refractivity contribution in [3.63, 3.8) is 0 Å². The summed E-state index contributed by atoms with van der Waals surface area (Å²) in [7, 11) is 0.810. The quantitative estimate of drug-likeness (QED) is 0.619. The summed E-state index contributed by atoms with van der Waals surface area (Å²) in [6, 6.07) is 0. The van der Waals surface area contributed by atoms with Crippen LogP contribution in [0.1, 0.15) is 13.3 Å². The van der Waals surface area contributed by atoms with Crippen molar-refractivity contribution in [1.29, 1.82) is 0 Å². The first-order chi connectivity index (χ1) is 6.81. The van der Waals surface area contributed by atoms with Crippen molar-refractivity contribution in [2.24, 2.45) is 0 Å². The lowest BCUT2D eigenvalue weighted by Crippen LogP contribution is -2.12. The maximum atomic E-state index is 5.59. The summed E-state index contributed by atoms with van der Waals surface area (Å²) >= 11 is 0. The Labute approximate surface area is 86.5 Å². The highest BCUT2D eigenvalue weighted by Gasteiger charge is 2.16. The second kappa shape index (κ2) is 4.18. The van der Waals surface area contributed by atoms with Crippen molar-refractivity contribution in [1.82, 2.24) is 0 Å². The minimum atomic E-state index is 0.675. The zero-order valence-electron chi connectivity index (χ0n) is 8.59. The molecule has 2 aliphatic rings. The first-order valence-corrected chi connectivity index (χ1v) is 6.36. The van der Waals surface area contributed by atoms with Crippen LogP contribution in [0.25, 0.3) is 0 Å².